The number of carboxylic acids is 1. The van der Waals surface area contributed by atoms with Crippen LogP contribution in [0.1, 0.15) is 59.5 Å². The number of rotatable bonds is 4. The number of nitrogens with zero attached hydrogens (tertiary/aromatic N) is 2. The topological polar surface area (TPSA) is 80.1 Å². The normalized spacial score (nSPS) is 15.9. The highest BCUT2D eigenvalue weighted by Crippen LogP contribution is 2.48. The molecule has 1 aliphatic carbocycles. The standard InChI is InChI=1S/C32H28F3N3O3/c33-32(34,35)17-18-5-4-8-20(15-18)30-36-24-12-11-23-28-26(19-6-2-1-3-7-19)22-10-9-21(31(39)40)16-25(22)38(28)13-14-41-29(23)27(24)37-30/h4-5,8-12,15-16,19H,1-3,6-7,13-14,17H2,(H,36,37)(H,39,40). The van der Waals surface area contributed by atoms with E-state index in [4.69, 9.17) is 9.72 Å². The fourth-order valence-electron chi connectivity index (χ4n) is 6.66. The van der Waals surface area contributed by atoms with Crippen molar-refractivity contribution < 1.29 is 27.8 Å². The minimum Gasteiger partial charge on any atom is -0.489 e. The van der Waals surface area contributed by atoms with Gasteiger partial charge >= 0.3 is 12.1 Å². The largest absolute Gasteiger partial charge is 0.489 e. The van der Waals surface area contributed by atoms with Crippen LogP contribution in [0.15, 0.2) is 54.6 Å². The Hall–Kier alpha value is -4.27. The minimum atomic E-state index is -4.29. The Morgan fingerprint density at radius 1 is 1.07 bits per heavy atom. The molecule has 0 bridgehead atoms. The summed E-state index contributed by atoms with van der Waals surface area (Å²) in [7, 11) is 0. The molecule has 0 radical (unpaired) electrons. The Morgan fingerprint density at radius 3 is 2.68 bits per heavy atom. The third-order valence-corrected chi connectivity index (χ3v) is 8.40. The number of aromatic amines is 1. The number of benzene rings is 3. The Labute approximate surface area is 233 Å². The Kier molecular flexibility index (Phi) is 6.06. The molecule has 9 heteroatoms. The van der Waals surface area contributed by atoms with Crippen molar-refractivity contribution in [3.63, 3.8) is 0 Å². The van der Waals surface area contributed by atoms with Crippen molar-refractivity contribution in [1.82, 2.24) is 14.5 Å². The first kappa shape index (κ1) is 25.7. The molecular formula is C32H28F3N3O3. The van der Waals surface area contributed by atoms with Crippen molar-refractivity contribution >= 4 is 27.9 Å². The molecule has 3 aromatic carbocycles. The molecule has 1 aliphatic heterocycles. The van der Waals surface area contributed by atoms with Crippen molar-refractivity contribution in [3.8, 4) is 28.4 Å². The van der Waals surface area contributed by atoms with Crippen LogP contribution >= 0.6 is 0 Å². The number of fused-ring (bicyclic) bond motifs is 7. The lowest BCUT2D eigenvalue weighted by atomic mass is 9.81. The predicted molar refractivity (Wildman–Crippen MR) is 151 cm³/mol. The number of imidazole rings is 1. The monoisotopic (exact) mass is 559 g/mol. The van der Waals surface area contributed by atoms with E-state index < -0.39 is 18.6 Å². The van der Waals surface area contributed by atoms with Crippen LogP contribution in [0, 0.1) is 0 Å². The summed E-state index contributed by atoms with van der Waals surface area (Å²) in [6, 6.07) is 15.7. The first-order chi connectivity index (χ1) is 19.8. The van der Waals surface area contributed by atoms with Crippen molar-refractivity contribution in [1.29, 1.82) is 0 Å². The maximum atomic E-state index is 13.0. The van der Waals surface area contributed by atoms with E-state index >= 15 is 0 Å². The quantitative estimate of drug-likeness (QED) is 0.233. The number of halogens is 3. The number of nitrogens with one attached hydrogen (secondary N) is 1. The van der Waals surface area contributed by atoms with Gasteiger partial charge in [-0.3, -0.25) is 0 Å². The lowest BCUT2D eigenvalue weighted by Gasteiger charge is -2.23. The second-order valence-corrected chi connectivity index (χ2v) is 11.0. The summed E-state index contributed by atoms with van der Waals surface area (Å²) in [6.07, 6.45) is 0.388. The fraction of sp³-hybridized carbons (Fsp3) is 0.312. The number of ether oxygens (including phenoxy) is 1. The van der Waals surface area contributed by atoms with Gasteiger partial charge in [0.1, 0.15) is 17.9 Å². The van der Waals surface area contributed by atoms with E-state index in [1.165, 1.54) is 24.1 Å². The number of aromatic carboxylic acids is 1. The van der Waals surface area contributed by atoms with E-state index in [2.05, 4.69) is 9.55 Å². The summed E-state index contributed by atoms with van der Waals surface area (Å²) in [6.45, 7) is 0.929. The molecule has 0 amide bonds. The van der Waals surface area contributed by atoms with Crippen molar-refractivity contribution in [2.45, 2.75) is 57.2 Å². The molecule has 2 aliphatic rings. The Morgan fingerprint density at radius 2 is 1.90 bits per heavy atom. The van der Waals surface area contributed by atoms with E-state index in [1.807, 2.05) is 18.2 Å². The molecule has 41 heavy (non-hydrogen) atoms. The van der Waals surface area contributed by atoms with E-state index in [0.717, 1.165) is 47.8 Å². The van der Waals surface area contributed by atoms with Gasteiger partial charge in [-0.1, -0.05) is 43.5 Å². The van der Waals surface area contributed by atoms with E-state index in [-0.39, 0.29) is 11.1 Å². The number of carbonyl (C=O) groups is 1. The van der Waals surface area contributed by atoms with Gasteiger partial charge in [0.25, 0.3) is 0 Å². The van der Waals surface area contributed by atoms with Crippen molar-refractivity contribution in [2.24, 2.45) is 0 Å². The number of hydrogen-bond donors (Lipinski definition) is 2. The lowest BCUT2D eigenvalue weighted by Crippen LogP contribution is -2.11. The predicted octanol–water partition coefficient (Wildman–Crippen LogP) is 8.09. The zero-order valence-electron chi connectivity index (χ0n) is 22.2. The van der Waals surface area contributed by atoms with Gasteiger partial charge in [-0.2, -0.15) is 13.2 Å². The van der Waals surface area contributed by atoms with E-state index in [1.54, 1.807) is 24.3 Å². The third kappa shape index (κ3) is 4.53. The molecule has 1 saturated carbocycles. The van der Waals surface area contributed by atoms with Crippen LogP contribution in [-0.2, 0) is 13.0 Å². The summed E-state index contributed by atoms with van der Waals surface area (Å²) >= 11 is 0. The highest BCUT2D eigenvalue weighted by molar-refractivity contribution is 6.01. The highest BCUT2D eigenvalue weighted by Gasteiger charge is 2.31. The SMILES string of the molecule is O=C(O)c1ccc2c(C3CCCCC3)c3n(c2c1)CCOc1c-3ccc2nc(-c3cccc(CC(F)(F)F)c3)[nH]c12. The molecule has 2 N–H and O–H groups in total. The van der Waals surface area contributed by atoms with Crippen LogP contribution in [-0.4, -0.2) is 38.4 Å². The lowest BCUT2D eigenvalue weighted by molar-refractivity contribution is -0.127. The van der Waals surface area contributed by atoms with Crippen LogP contribution in [0.2, 0.25) is 0 Å². The molecule has 0 saturated heterocycles. The smallest absolute Gasteiger partial charge is 0.393 e. The maximum absolute atomic E-state index is 13.0. The van der Waals surface area contributed by atoms with Crippen LogP contribution in [0.4, 0.5) is 13.2 Å². The molecule has 6 nitrogen and oxygen atoms in total. The number of H-pyrrole nitrogens is 1. The Bertz CT molecular complexity index is 1810. The molecule has 0 spiro atoms. The summed E-state index contributed by atoms with van der Waals surface area (Å²) in [5.41, 5.74) is 6.44. The van der Waals surface area contributed by atoms with E-state index in [9.17, 15) is 23.1 Å². The zero-order chi connectivity index (χ0) is 28.3. The van der Waals surface area contributed by atoms with Gasteiger partial charge in [-0.05, 0) is 60.2 Å². The molecule has 0 unspecified atom stereocenters. The van der Waals surface area contributed by atoms with Gasteiger partial charge in [0, 0.05) is 22.0 Å². The minimum absolute atomic E-state index is 0.174. The second-order valence-electron chi connectivity index (χ2n) is 11.0. The van der Waals surface area contributed by atoms with Gasteiger partial charge in [0.05, 0.1) is 29.7 Å². The van der Waals surface area contributed by atoms with Gasteiger partial charge in [-0.25, -0.2) is 9.78 Å². The number of carboxylic acid groups (broad SMARTS) is 1. The average molecular weight is 560 g/mol. The molecular weight excluding hydrogens is 531 g/mol. The molecule has 5 aromatic rings. The van der Waals surface area contributed by atoms with Crippen LogP contribution < -0.4 is 4.74 Å². The van der Waals surface area contributed by atoms with Gasteiger partial charge in [0.15, 0.2) is 5.75 Å². The van der Waals surface area contributed by atoms with Gasteiger partial charge < -0.3 is 19.4 Å². The highest BCUT2D eigenvalue weighted by atomic mass is 19.4. The van der Waals surface area contributed by atoms with Gasteiger partial charge in [-0.15, -0.1) is 0 Å². The van der Waals surface area contributed by atoms with Crippen LogP contribution in [0.3, 0.4) is 0 Å². The first-order valence-corrected chi connectivity index (χ1v) is 14.0. The molecule has 7 rings (SSSR count). The van der Waals surface area contributed by atoms with E-state index in [0.29, 0.717) is 47.2 Å². The molecule has 3 heterocycles. The first-order valence-electron chi connectivity index (χ1n) is 14.0. The number of aromatic nitrogens is 3. The molecule has 210 valence electrons. The fourth-order valence-corrected chi connectivity index (χ4v) is 6.66. The van der Waals surface area contributed by atoms with Crippen molar-refractivity contribution in [2.75, 3.05) is 6.61 Å². The van der Waals surface area contributed by atoms with Gasteiger partial charge in [0.2, 0.25) is 0 Å². The van der Waals surface area contributed by atoms with Crippen LogP contribution in [0.5, 0.6) is 5.75 Å². The maximum Gasteiger partial charge on any atom is 0.393 e. The third-order valence-electron chi connectivity index (χ3n) is 8.40. The average Bonchev–Trinajstić information content (AvgIpc) is 3.46. The number of hydrogen-bond acceptors (Lipinski definition) is 3. The zero-order valence-corrected chi connectivity index (χ0v) is 22.2. The second kappa shape index (κ2) is 9.68. The van der Waals surface area contributed by atoms with Crippen LogP contribution in [0.25, 0.3) is 44.6 Å². The summed E-state index contributed by atoms with van der Waals surface area (Å²) in [5.74, 6) is 0.528. The Balaban J connectivity index is 1.41. The molecule has 0 atom stereocenters. The summed E-state index contributed by atoms with van der Waals surface area (Å²) < 4.78 is 47.6. The summed E-state index contributed by atoms with van der Waals surface area (Å²) in [4.78, 5) is 19.9. The molecule has 2 aromatic heterocycles. The van der Waals surface area contributed by atoms with Crippen molar-refractivity contribution in [3.05, 3.63) is 71.3 Å². The number of alkyl halides is 3. The summed E-state index contributed by atoms with van der Waals surface area (Å²) in [5, 5.41) is 10.8. The molecule has 1 fully saturated rings.